The molecule has 4 nitrogen and oxygen atoms in total. The quantitative estimate of drug-likeness (QED) is 0.546. The van der Waals surface area contributed by atoms with Crippen molar-refractivity contribution in [3.8, 4) is 5.69 Å². The number of ketones is 1. The maximum Gasteiger partial charge on any atom is 0.186 e. The van der Waals surface area contributed by atoms with Gasteiger partial charge < -0.3 is 0 Å². The van der Waals surface area contributed by atoms with E-state index < -0.39 is 5.82 Å². The van der Waals surface area contributed by atoms with Crippen molar-refractivity contribution in [2.24, 2.45) is 0 Å². The van der Waals surface area contributed by atoms with Crippen molar-refractivity contribution in [3.63, 3.8) is 0 Å². The number of benzene rings is 2. The van der Waals surface area contributed by atoms with Crippen molar-refractivity contribution >= 4 is 11.9 Å². The number of rotatable bonds is 4. The first-order chi connectivity index (χ1) is 11.1. The number of aromatic nitrogens is 3. The number of carbonyl (C=O) groups excluding carboxylic acids is 1. The fourth-order valence-corrected chi connectivity index (χ4v) is 2.26. The highest BCUT2D eigenvalue weighted by Crippen LogP contribution is 2.16. The van der Waals surface area contributed by atoms with Gasteiger partial charge in [0.15, 0.2) is 5.78 Å². The first-order valence-corrected chi connectivity index (χ1v) is 7.08. The monoisotopic (exact) mass is 307 g/mol. The number of hydrogen-bond donors (Lipinski definition) is 0. The smallest absolute Gasteiger partial charge is 0.186 e. The van der Waals surface area contributed by atoms with Crippen LogP contribution in [-0.4, -0.2) is 20.5 Å². The third-order valence-electron chi connectivity index (χ3n) is 3.47. The first kappa shape index (κ1) is 14.8. The highest BCUT2D eigenvalue weighted by atomic mass is 19.1. The number of halogens is 1. The molecule has 5 heteroatoms. The van der Waals surface area contributed by atoms with Crippen LogP contribution in [0, 0.1) is 12.7 Å². The predicted octanol–water partition coefficient (Wildman–Crippen LogP) is 3.61. The van der Waals surface area contributed by atoms with E-state index in [4.69, 9.17) is 0 Å². The lowest BCUT2D eigenvalue weighted by Crippen LogP contribution is -1.99. The Labute approximate surface area is 132 Å². The number of aryl methyl sites for hydroxylation is 1. The molecule has 2 aromatic carbocycles. The molecule has 0 amide bonds. The standard InChI is InChI=1S/C18H14FN3O/c1-13-4-2-3-5-15(13)18(23)9-7-14-6-8-17(16(19)10-14)22-12-20-11-21-22/h2-12H,1H3/b9-7+. The van der Waals surface area contributed by atoms with E-state index in [-0.39, 0.29) is 5.78 Å². The second-order valence-electron chi connectivity index (χ2n) is 5.06. The minimum atomic E-state index is -0.430. The van der Waals surface area contributed by atoms with Crippen molar-refractivity contribution in [1.29, 1.82) is 0 Å². The van der Waals surface area contributed by atoms with Crippen molar-refractivity contribution in [3.05, 3.63) is 83.7 Å². The Balaban J connectivity index is 1.82. The Morgan fingerprint density at radius 2 is 2.04 bits per heavy atom. The summed E-state index contributed by atoms with van der Waals surface area (Å²) in [7, 11) is 0. The van der Waals surface area contributed by atoms with Gasteiger partial charge in [-0.2, -0.15) is 5.10 Å². The molecule has 0 aliphatic rings. The van der Waals surface area contributed by atoms with Gasteiger partial charge in [-0.3, -0.25) is 4.79 Å². The molecule has 0 radical (unpaired) electrons. The highest BCUT2D eigenvalue weighted by molar-refractivity contribution is 6.07. The van der Waals surface area contributed by atoms with Crippen LogP contribution in [-0.2, 0) is 0 Å². The average Bonchev–Trinajstić information content (AvgIpc) is 3.07. The maximum absolute atomic E-state index is 14.1. The molecule has 0 saturated carbocycles. The van der Waals surface area contributed by atoms with Gasteiger partial charge in [0.25, 0.3) is 0 Å². The van der Waals surface area contributed by atoms with E-state index in [1.165, 1.54) is 29.5 Å². The van der Waals surface area contributed by atoms with Crippen molar-refractivity contribution < 1.29 is 9.18 Å². The molecule has 3 rings (SSSR count). The second kappa shape index (κ2) is 6.36. The maximum atomic E-state index is 14.1. The zero-order valence-corrected chi connectivity index (χ0v) is 12.5. The van der Waals surface area contributed by atoms with Crippen LogP contribution >= 0.6 is 0 Å². The first-order valence-electron chi connectivity index (χ1n) is 7.08. The van der Waals surface area contributed by atoms with Crippen molar-refractivity contribution in [1.82, 2.24) is 14.8 Å². The van der Waals surface area contributed by atoms with Crippen molar-refractivity contribution in [2.45, 2.75) is 6.92 Å². The lowest BCUT2D eigenvalue weighted by molar-refractivity contribution is 0.104. The summed E-state index contributed by atoms with van der Waals surface area (Å²) in [5.74, 6) is -0.537. The largest absolute Gasteiger partial charge is 0.289 e. The SMILES string of the molecule is Cc1ccccc1C(=O)/C=C/c1ccc(-n2cncn2)c(F)c1. The van der Waals surface area contributed by atoms with E-state index in [0.29, 0.717) is 16.8 Å². The zero-order valence-electron chi connectivity index (χ0n) is 12.5. The molecule has 0 bridgehead atoms. The van der Waals surface area contributed by atoms with E-state index in [1.54, 1.807) is 24.3 Å². The van der Waals surface area contributed by atoms with Crippen LogP contribution in [0.1, 0.15) is 21.5 Å². The van der Waals surface area contributed by atoms with E-state index in [9.17, 15) is 9.18 Å². The summed E-state index contributed by atoms with van der Waals surface area (Å²) in [5.41, 5.74) is 2.47. The molecular formula is C18H14FN3O. The predicted molar refractivity (Wildman–Crippen MR) is 85.9 cm³/mol. The van der Waals surface area contributed by atoms with Crippen molar-refractivity contribution in [2.75, 3.05) is 0 Å². The van der Waals surface area contributed by atoms with Gasteiger partial charge in [-0.1, -0.05) is 36.4 Å². The Morgan fingerprint density at radius 3 is 2.74 bits per heavy atom. The highest BCUT2D eigenvalue weighted by Gasteiger charge is 2.07. The summed E-state index contributed by atoms with van der Waals surface area (Å²) < 4.78 is 15.5. The molecule has 0 atom stereocenters. The summed E-state index contributed by atoms with van der Waals surface area (Å²) >= 11 is 0. The summed E-state index contributed by atoms with van der Waals surface area (Å²) in [5, 5.41) is 3.89. The van der Waals surface area contributed by atoms with Crippen LogP contribution < -0.4 is 0 Å². The minimum absolute atomic E-state index is 0.108. The Morgan fingerprint density at radius 1 is 1.22 bits per heavy atom. The van der Waals surface area contributed by atoms with Gasteiger partial charge in [0.1, 0.15) is 24.2 Å². The Bertz CT molecular complexity index is 870. The average molecular weight is 307 g/mol. The Hall–Kier alpha value is -3.08. The van der Waals surface area contributed by atoms with Crippen LogP contribution in [0.25, 0.3) is 11.8 Å². The number of nitrogens with zero attached hydrogens (tertiary/aromatic N) is 3. The number of carbonyl (C=O) groups is 1. The van der Waals surface area contributed by atoms with Crippen LogP contribution in [0.5, 0.6) is 0 Å². The fraction of sp³-hybridized carbons (Fsp3) is 0.0556. The molecule has 0 saturated heterocycles. The van der Waals surface area contributed by atoms with Gasteiger partial charge in [0.05, 0.1) is 0 Å². The molecule has 0 fully saturated rings. The fourth-order valence-electron chi connectivity index (χ4n) is 2.26. The van der Waals surface area contributed by atoms with Gasteiger partial charge in [-0.05, 0) is 36.3 Å². The van der Waals surface area contributed by atoms with E-state index in [1.807, 2.05) is 25.1 Å². The van der Waals surface area contributed by atoms with Gasteiger partial charge in [-0.25, -0.2) is 14.1 Å². The van der Waals surface area contributed by atoms with Crippen LogP contribution in [0.3, 0.4) is 0 Å². The normalized spacial score (nSPS) is 11.0. The zero-order chi connectivity index (χ0) is 16.2. The lowest BCUT2D eigenvalue weighted by atomic mass is 10.0. The van der Waals surface area contributed by atoms with E-state index >= 15 is 0 Å². The molecule has 0 unspecified atom stereocenters. The number of hydrogen-bond acceptors (Lipinski definition) is 3. The molecule has 1 aromatic heterocycles. The van der Waals surface area contributed by atoms with Crippen LogP contribution in [0.4, 0.5) is 4.39 Å². The summed E-state index contributed by atoms with van der Waals surface area (Å²) in [4.78, 5) is 16.0. The van der Waals surface area contributed by atoms with Crippen LogP contribution in [0.15, 0.2) is 61.2 Å². The van der Waals surface area contributed by atoms with E-state index in [2.05, 4.69) is 10.1 Å². The minimum Gasteiger partial charge on any atom is -0.289 e. The molecule has 3 aromatic rings. The molecule has 114 valence electrons. The van der Waals surface area contributed by atoms with Gasteiger partial charge in [-0.15, -0.1) is 0 Å². The van der Waals surface area contributed by atoms with Crippen LogP contribution in [0.2, 0.25) is 0 Å². The summed E-state index contributed by atoms with van der Waals surface area (Å²) in [6.45, 7) is 1.88. The van der Waals surface area contributed by atoms with Gasteiger partial charge in [0, 0.05) is 5.56 Å². The lowest BCUT2D eigenvalue weighted by Gasteiger charge is -2.03. The summed E-state index contributed by atoms with van der Waals surface area (Å²) in [6.07, 6.45) is 5.82. The van der Waals surface area contributed by atoms with E-state index in [0.717, 1.165) is 5.56 Å². The molecule has 0 aliphatic heterocycles. The molecule has 0 aliphatic carbocycles. The molecule has 23 heavy (non-hydrogen) atoms. The third-order valence-corrected chi connectivity index (χ3v) is 3.47. The second-order valence-corrected chi connectivity index (χ2v) is 5.06. The Kier molecular flexibility index (Phi) is 4.10. The van der Waals surface area contributed by atoms with Gasteiger partial charge >= 0.3 is 0 Å². The van der Waals surface area contributed by atoms with Gasteiger partial charge in [0.2, 0.25) is 0 Å². The molecular weight excluding hydrogens is 293 g/mol. The molecule has 1 heterocycles. The molecule has 0 spiro atoms. The number of allylic oxidation sites excluding steroid dienone is 1. The summed E-state index contributed by atoms with van der Waals surface area (Å²) in [6, 6.07) is 12.0. The topological polar surface area (TPSA) is 47.8 Å². The molecule has 0 N–H and O–H groups in total. The third kappa shape index (κ3) is 3.23.